The average molecular weight is 387 g/mol. The molecule has 2 aromatic rings. The van der Waals surface area contributed by atoms with Gasteiger partial charge in [0.15, 0.2) is 0 Å². The van der Waals surface area contributed by atoms with Crippen LogP contribution in [0.1, 0.15) is 25.1 Å². The Kier molecular flexibility index (Phi) is 6.99. The Bertz CT molecular complexity index is 750. The first kappa shape index (κ1) is 20.0. The lowest BCUT2D eigenvalue weighted by atomic mass is 10.1. The highest BCUT2D eigenvalue weighted by Gasteiger charge is 2.15. The van der Waals surface area contributed by atoms with E-state index in [9.17, 15) is 4.79 Å². The monoisotopic (exact) mass is 386 g/mol. The van der Waals surface area contributed by atoms with Gasteiger partial charge in [-0.3, -0.25) is 9.69 Å². The number of hydrogen-bond acceptors (Lipinski definition) is 5. The van der Waals surface area contributed by atoms with E-state index in [-0.39, 0.29) is 5.91 Å². The minimum atomic E-state index is 0.0457. The zero-order valence-electron chi connectivity index (χ0n) is 16.6. The summed E-state index contributed by atoms with van der Waals surface area (Å²) < 4.78 is 0. The van der Waals surface area contributed by atoms with E-state index in [1.807, 2.05) is 5.38 Å². The highest BCUT2D eigenvalue weighted by atomic mass is 32.1. The van der Waals surface area contributed by atoms with Crippen molar-refractivity contribution in [1.29, 1.82) is 0 Å². The van der Waals surface area contributed by atoms with Crippen LogP contribution in [0.4, 0.5) is 0 Å². The Labute approximate surface area is 166 Å². The zero-order chi connectivity index (χ0) is 19.2. The largest absolute Gasteiger partial charge is 0.356 e. The molecule has 27 heavy (non-hydrogen) atoms. The van der Waals surface area contributed by atoms with Crippen LogP contribution in [0.2, 0.25) is 0 Å². The third-order valence-electron chi connectivity index (χ3n) is 4.78. The van der Waals surface area contributed by atoms with Crippen LogP contribution in [-0.4, -0.2) is 60.5 Å². The molecule has 1 fully saturated rings. The molecule has 0 aliphatic carbocycles. The van der Waals surface area contributed by atoms with Gasteiger partial charge in [0.2, 0.25) is 5.91 Å². The molecule has 1 aromatic heterocycles. The van der Waals surface area contributed by atoms with E-state index in [2.05, 4.69) is 65.3 Å². The van der Waals surface area contributed by atoms with Gasteiger partial charge in [-0.2, -0.15) is 0 Å². The summed E-state index contributed by atoms with van der Waals surface area (Å²) in [5.74, 6) is 0.507. The van der Waals surface area contributed by atoms with Crippen LogP contribution in [-0.2, 0) is 17.8 Å². The second kappa shape index (κ2) is 9.44. The molecule has 0 atom stereocenters. The molecular weight excluding hydrogens is 356 g/mol. The molecule has 0 unspecified atom stereocenters. The molecule has 2 heterocycles. The van der Waals surface area contributed by atoms with Gasteiger partial charge in [-0.25, -0.2) is 4.98 Å². The Balaban J connectivity index is 1.60. The van der Waals surface area contributed by atoms with Gasteiger partial charge in [0.05, 0.1) is 12.1 Å². The molecule has 1 saturated heterocycles. The third-order valence-corrected chi connectivity index (χ3v) is 5.72. The summed E-state index contributed by atoms with van der Waals surface area (Å²) in [5.41, 5.74) is 3.31. The predicted octanol–water partition coefficient (Wildman–Crippen LogP) is 2.87. The van der Waals surface area contributed by atoms with Crippen LogP contribution in [0.3, 0.4) is 0 Å². The first-order chi connectivity index (χ1) is 13.0. The van der Waals surface area contributed by atoms with Crippen LogP contribution in [0.25, 0.3) is 10.6 Å². The Morgan fingerprint density at radius 1 is 1.26 bits per heavy atom. The number of hydrogen-bond donors (Lipinski definition) is 1. The molecule has 1 amide bonds. The summed E-state index contributed by atoms with van der Waals surface area (Å²) in [7, 11) is 2.18. The van der Waals surface area contributed by atoms with E-state index in [4.69, 9.17) is 0 Å². The van der Waals surface area contributed by atoms with Gasteiger partial charge in [0.25, 0.3) is 0 Å². The van der Waals surface area contributed by atoms with E-state index >= 15 is 0 Å². The van der Waals surface area contributed by atoms with Crippen molar-refractivity contribution in [3.05, 3.63) is 40.9 Å². The maximum absolute atomic E-state index is 12.0. The quantitative estimate of drug-likeness (QED) is 0.795. The molecule has 1 aliphatic heterocycles. The number of likely N-dealkylation sites (N-methyl/N-ethyl adjacent to an activating group) is 1. The maximum atomic E-state index is 12.0. The number of aromatic nitrogens is 1. The van der Waals surface area contributed by atoms with E-state index < -0.39 is 0 Å². The molecule has 0 bridgehead atoms. The van der Waals surface area contributed by atoms with E-state index in [0.29, 0.717) is 18.9 Å². The standard InChI is InChI=1S/C21H30N4OS/c1-16(2)13-22-20(26)12-19-15-27-21(23-19)18-6-4-5-17(11-18)14-25-9-7-24(3)8-10-25/h4-6,11,15-16H,7-10,12-14H2,1-3H3,(H,22,26). The van der Waals surface area contributed by atoms with Crippen molar-refractivity contribution in [2.24, 2.45) is 5.92 Å². The second-order valence-electron chi connectivity index (χ2n) is 7.80. The molecule has 6 heteroatoms. The van der Waals surface area contributed by atoms with Gasteiger partial charge in [-0.05, 0) is 24.6 Å². The van der Waals surface area contributed by atoms with Crippen molar-refractivity contribution in [2.45, 2.75) is 26.8 Å². The van der Waals surface area contributed by atoms with Gasteiger partial charge in [0, 0.05) is 50.2 Å². The first-order valence-corrected chi connectivity index (χ1v) is 10.6. The fourth-order valence-corrected chi connectivity index (χ4v) is 3.95. The van der Waals surface area contributed by atoms with Crippen molar-refractivity contribution < 1.29 is 4.79 Å². The summed E-state index contributed by atoms with van der Waals surface area (Å²) in [6, 6.07) is 8.64. The van der Waals surface area contributed by atoms with Crippen molar-refractivity contribution >= 4 is 17.2 Å². The molecule has 3 rings (SSSR count). The number of rotatable bonds is 7. The minimum Gasteiger partial charge on any atom is -0.356 e. The molecule has 5 nitrogen and oxygen atoms in total. The lowest BCUT2D eigenvalue weighted by Crippen LogP contribution is -2.43. The van der Waals surface area contributed by atoms with Crippen molar-refractivity contribution in [3.63, 3.8) is 0 Å². The van der Waals surface area contributed by atoms with Crippen molar-refractivity contribution in [3.8, 4) is 10.6 Å². The number of benzene rings is 1. The molecular formula is C21H30N4OS. The predicted molar refractivity (Wildman–Crippen MR) is 112 cm³/mol. The second-order valence-corrected chi connectivity index (χ2v) is 8.66. The van der Waals surface area contributed by atoms with Gasteiger partial charge in [-0.15, -0.1) is 11.3 Å². The lowest BCUT2D eigenvalue weighted by Gasteiger charge is -2.32. The smallest absolute Gasteiger partial charge is 0.226 e. The number of amides is 1. The van der Waals surface area contributed by atoms with Gasteiger partial charge < -0.3 is 10.2 Å². The van der Waals surface area contributed by atoms with E-state index in [1.165, 1.54) is 5.56 Å². The summed E-state index contributed by atoms with van der Waals surface area (Å²) >= 11 is 1.61. The number of thiazole rings is 1. The molecule has 0 saturated carbocycles. The Hall–Kier alpha value is -1.76. The minimum absolute atomic E-state index is 0.0457. The number of piperazine rings is 1. The SMILES string of the molecule is CC(C)CNC(=O)Cc1csc(-c2cccc(CN3CCN(C)CC3)c2)n1. The van der Waals surface area contributed by atoms with Crippen LogP contribution in [0, 0.1) is 5.92 Å². The van der Waals surface area contributed by atoms with E-state index in [1.54, 1.807) is 11.3 Å². The van der Waals surface area contributed by atoms with Gasteiger partial charge in [-0.1, -0.05) is 32.0 Å². The molecule has 0 radical (unpaired) electrons. The van der Waals surface area contributed by atoms with Crippen LogP contribution in [0.15, 0.2) is 29.6 Å². The molecule has 146 valence electrons. The average Bonchev–Trinajstić information content (AvgIpc) is 3.11. The lowest BCUT2D eigenvalue weighted by molar-refractivity contribution is -0.120. The topological polar surface area (TPSA) is 48.5 Å². The van der Waals surface area contributed by atoms with Crippen LogP contribution in [0.5, 0.6) is 0 Å². The Morgan fingerprint density at radius 3 is 2.78 bits per heavy atom. The number of nitrogens with zero attached hydrogens (tertiary/aromatic N) is 3. The number of nitrogens with one attached hydrogen (secondary N) is 1. The molecule has 1 N–H and O–H groups in total. The van der Waals surface area contributed by atoms with Crippen molar-refractivity contribution in [1.82, 2.24) is 20.1 Å². The van der Waals surface area contributed by atoms with E-state index in [0.717, 1.165) is 49.0 Å². The van der Waals surface area contributed by atoms with Crippen LogP contribution >= 0.6 is 11.3 Å². The molecule has 1 aliphatic rings. The summed E-state index contributed by atoms with van der Waals surface area (Å²) in [4.78, 5) is 21.6. The molecule has 0 spiro atoms. The zero-order valence-corrected chi connectivity index (χ0v) is 17.4. The normalized spacial score (nSPS) is 16.0. The number of carbonyl (C=O) groups is 1. The summed E-state index contributed by atoms with van der Waals surface area (Å²) in [6.45, 7) is 10.4. The number of carbonyl (C=O) groups excluding carboxylic acids is 1. The molecule has 1 aromatic carbocycles. The van der Waals surface area contributed by atoms with Gasteiger partial charge >= 0.3 is 0 Å². The highest BCUT2D eigenvalue weighted by molar-refractivity contribution is 7.13. The van der Waals surface area contributed by atoms with Gasteiger partial charge in [0.1, 0.15) is 5.01 Å². The third kappa shape index (κ3) is 6.13. The maximum Gasteiger partial charge on any atom is 0.226 e. The highest BCUT2D eigenvalue weighted by Crippen LogP contribution is 2.25. The fourth-order valence-electron chi connectivity index (χ4n) is 3.13. The fraction of sp³-hybridized carbons (Fsp3) is 0.524. The first-order valence-electron chi connectivity index (χ1n) is 9.71. The van der Waals surface area contributed by atoms with Crippen molar-refractivity contribution in [2.75, 3.05) is 39.8 Å². The van der Waals surface area contributed by atoms with Crippen LogP contribution < -0.4 is 5.32 Å². The summed E-state index contributed by atoms with van der Waals surface area (Å²) in [5, 5.41) is 5.94. The summed E-state index contributed by atoms with van der Waals surface area (Å²) in [6.07, 6.45) is 0.351. The Morgan fingerprint density at radius 2 is 2.04 bits per heavy atom.